The van der Waals surface area contributed by atoms with Gasteiger partial charge in [-0.3, -0.25) is 0 Å². The lowest BCUT2D eigenvalue weighted by molar-refractivity contribution is 0.678. The summed E-state index contributed by atoms with van der Waals surface area (Å²) in [5, 5.41) is 0. The Bertz CT molecular complexity index is 201. The van der Waals surface area contributed by atoms with Crippen LogP contribution in [0.5, 0.6) is 0 Å². The van der Waals surface area contributed by atoms with Crippen molar-refractivity contribution in [2.75, 3.05) is 6.54 Å². The highest BCUT2D eigenvalue weighted by molar-refractivity contribution is 5.85. The Balaban J connectivity index is 0.00000121. The summed E-state index contributed by atoms with van der Waals surface area (Å²) >= 11 is 0. The summed E-state index contributed by atoms with van der Waals surface area (Å²) in [4.78, 5) is 0. The van der Waals surface area contributed by atoms with E-state index in [9.17, 15) is 0 Å². The molecule has 1 unspecified atom stereocenters. The standard InChI is InChI=1S/C9H14N2.ClH/c10-7-9(11)6-8-4-2-1-3-5-8;/h1-5,9H,6-7,10-11H2;1H. The molecule has 1 aromatic rings. The van der Waals surface area contributed by atoms with E-state index < -0.39 is 0 Å². The molecule has 0 amide bonds. The summed E-state index contributed by atoms with van der Waals surface area (Å²) in [6, 6.07) is 10.2. The molecule has 0 aromatic heterocycles. The normalized spacial score (nSPS) is 11.8. The maximum absolute atomic E-state index is 5.68. The van der Waals surface area contributed by atoms with E-state index in [0.29, 0.717) is 6.54 Å². The molecular weight excluding hydrogens is 172 g/mol. The van der Waals surface area contributed by atoms with Crippen molar-refractivity contribution in [2.24, 2.45) is 11.5 Å². The monoisotopic (exact) mass is 186 g/mol. The zero-order valence-electron chi connectivity index (χ0n) is 6.94. The Hall–Kier alpha value is -0.570. The van der Waals surface area contributed by atoms with Crippen molar-refractivity contribution in [1.82, 2.24) is 0 Å². The predicted octanol–water partition coefficient (Wildman–Crippen LogP) is 0.937. The highest BCUT2D eigenvalue weighted by atomic mass is 35.5. The first-order valence-corrected chi connectivity index (χ1v) is 3.82. The van der Waals surface area contributed by atoms with E-state index >= 15 is 0 Å². The lowest BCUT2D eigenvalue weighted by atomic mass is 10.1. The van der Waals surface area contributed by atoms with Crippen molar-refractivity contribution in [2.45, 2.75) is 12.5 Å². The van der Waals surface area contributed by atoms with Crippen molar-refractivity contribution in [1.29, 1.82) is 0 Å². The average Bonchev–Trinajstić information content (AvgIpc) is 2.06. The van der Waals surface area contributed by atoms with Gasteiger partial charge >= 0.3 is 0 Å². The molecule has 0 radical (unpaired) electrons. The number of hydrogen-bond donors (Lipinski definition) is 2. The molecule has 4 N–H and O–H groups in total. The molecule has 12 heavy (non-hydrogen) atoms. The van der Waals surface area contributed by atoms with Gasteiger partial charge in [0.1, 0.15) is 0 Å². The van der Waals surface area contributed by atoms with Gasteiger partial charge in [-0.1, -0.05) is 30.3 Å². The van der Waals surface area contributed by atoms with E-state index in [1.165, 1.54) is 5.56 Å². The maximum Gasteiger partial charge on any atom is 0.0203 e. The molecule has 68 valence electrons. The van der Waals surface area contributed by atoms with Gasteiger partial charge in [-0.15, -0.1) is 12.4 Å². The maximum atomic E-state index is 5.68. The molecule has 1 aromatic carbocycles. The molecule has 0 saturated carbocycles. The van der Waals surface area contributed by atoms with Crippen molar-refractivity contribution in [3.05, 3.63) is 35.9 Å². The topological polar surface area (TPSA) is 52.0 Å². The molecular formula is C9H15ClN2. The Kier molecular flexibility index (Phi) is 5.72. The summed E-state index contributed by atoms with van der Waals surface area (Å²) in [5.41, 5.74) is 12.3. The minimum Gasteiger partial charge on any atom is -0.329 e. The van der Waals surface area contributed by atoms with Gasteiger partial charge in [-0.25, -0.2) is 0 Å². The van der Waals surface area contributed by atoms with Gasteiger partial charge in [0.25, 0.3) is 0 Å². The average molecular weight is 187 g/mol. The van der Waals surface area contributed by atoms with Crippen molar-refractivity contribution in [3.8, 4) is 0 Å². The molecule has 2 nitrogen and oxygen atoms in total. The van der Waals surface area contributed by atoms with E-state index in [4.69, 9.17) is 11.5 Å². The van der Waals surface area contributed by atoms with Gasteiger partial charge < -0.3 is 11.5 Å². The Morgan fingerprint density at radius 3 is 2.25 bits per heavy atom. The van der Waals surface area contributed by atoms with Crippen LogP contribution in [0.25, 0.3) is 0 Å². The molecule has 0 fully saturated rings. The molecule has 0 spiro atoms. The second kappa shape index (κ2) is 6.00. The zero-order chi connectivity index (χ0) is 8.10. The first-order chi connectivity index (χ1) is 5.33. The minimum absolute atomic E-state index is 0. The fourth-order valence-electron chi connectivity index (χ4n) is 1.00. The van der Waals surface area contributed by atoms with Crippen LogP contribution in [0.15, 0.2) is 30.3 Å². The van der Waals surface area contributed by atoms with Gasteiger partial charge in [-0.05, 0) is 12.0 Å². The van der Waals surface area contributed by atoms with Crippen molar-refractivity contribution in [3.63, 3.8) is 0 Å². The third-order valence-electron chi connectivity index (χ3n) is 1.64. The molecule has 0 bridgehead atoms. The Morgan fingerprint density at radius 2 is 1.75 bits per heavy atom. The molecule has 0 aliphatic heterocycles. The largest absolute Gasteiger partial charge is 0.329 e. The third kappa shape index (κ3) is 3.72. The Morgan fingerprint density at radius 1 is 1.17 bits per heavy atom. The lowest BCUT2D eigenvalue weighted by Gasteiger charge is -2.07. The summed E-state index contributed by atoms with van der Waals surface area (Å²) in [7, 11) is 0. The fourth-order valence-corrected chi connectivity index (χ4v) is 1.00. The SMILES string of the molecule is Cl.NCC(N)Cc1ccccc1. The van der Waals surface area contributed by atoms with Crippen LogP contribution in [0.1, 0.15) is 5.56 Å². The van der Waals surface area contributed by atoms with Gasteiger partial charge in [0.2, 0.25) is 0 Å². The molecule has 1 atom stereocenters. The number of nitrogens with two attached hydrogens (primary N) is 2. The van der Waals surface area contributed by atoms with Gasteiger partial charge in [0, 0.05) is 12.6 Å². The number of hydrogen-bond acceptors (Lipinski definition) is 2. The van der Waals surface area contributed by atoms with Gasteiger partial charge in [0.05, 0.1) is 0 Å². The second-order valence-electron chi connectivity index (χ2n) is 2.69. The first kappa shape index (κ1) is 11.4. The van der Waals surface area contributed by atoms with E-state index in [0.717, 1.165) is 6.42 Å². The van der Waals surface area contributed by atoms with Crippen LogP contribution in [-0.2, 0) is 6.42 Å². The highest BCUT2D eigenvalue weighted by Gasteiger charge is 1.99. The number of benzene rings is 1. The molecule has 0 aliphatic carbocycles. The van der Waals surface area contributed by atoms with Crippen molar-refractivity contribution < 1.29 is 0 Å². The molecule has 0 saturated heterocycles. The molecule has 3 heteroatoms. The van der Waals surface area contributed by atoms with Crippen LogP contribution < -0.4 is 11.5 Å². The molecule has 0 aliphatic rings. The third-order valence-corrected chi connectivity index (χ3v) is 1.64. The smallest absolute Gasteiger partial charge is 0.0203 e. The van der Waals surface area contributed by atoms with Gasteiger partial charge in [-0.2, -0.15) is 0 Å². The summed E-state index contributed by atoms with van der Waals surface area (Å²) in [6.07, 6.45) is 0.872. The number of rotatable bonds is 3. The van der Waals surface area contributed by atoms with E-state index in [1.807, 2.05) is 18.2 Å². The van der Waals surface area contributed by atoms with Gasteiger partial charge in [0.15, 0.2) is 0 Å². The highest BCUT2D eigenvalue weighted by Crippen LogP contribution is 2.00. The summed E-state index contributed by atoms with van der Waals surface area (Å²) in [5.74, 6) is 0. The van der Waals surface area contributed by atoms with Crippen molar-refractivity contribution >= 4 is 12.4 Å². The fraction of sp³-hybridized carbons (Fsp3) is 0.333. The lowest BCUT2D eigenvalue weighted by Crippen LogP contribution is -2.31. The molecule has 1 rings (SSSR count). The van der Waals surface area contributed by atoms with Crippen LogP contribution in [0, 0.1) is 0 Å². The van der Waals surface area contributed by atoms with Crippen LogP contribution in [0.3, 0.4) is 0 Å². The quantitative estimate of drug-likeness (QED) is 0.738. The van der Waals surface area contributed by atoms with Crippen LogP contribution in [0.4, 0.5) is 0 Å². The summed E-state index contributed by atoms with van der Waals surface area (Å²) < 4.78 is 0. The van der Waals surface area contributed by atoms with Crippen LogP contribution in [0.2, 0.25) is 0 Å². The van der Waals surface area contributed by atoms with Crippen LogP contribution in [-0.4, -0.2) is 12.6 Å². The first-order valence-electron chi connectivity index (χ1n) is 3.82. The predicted molar refractivity (Wildman–Crippen MR) is 54.4 cm³/mol. The Labute approximate surface area is 79.4 Å². The second-order valence-corrected chi connectivity index (χ2v) is 2.69. The zero-order valence-corrected chi connectivity index (χ0v) is 7.76. The number of halogens is 1. The summed E-state index contributed by atoms with van der Waals surface area (Å²) in [6.45, 7) is 0.550. The minimum atomic E-state index is 0. The van der Waals surface area contributed by atoms with E-state index in [-0.39, 0.29) is 18.4 Å². The van der Waals surface area contributed by atoms with Crippen LogP contribution >= 0.6 is 12.4 Å². The van der Waals surface area contributed by atoms with E-state index in [2.05, 4.69) is 12.1 Å². The molecule has 0 heterocycles. The van der Waals surface area contributed by atoms with E-state index in [1.54, 1.807) is 0 Å².